The van der Waals surface area contributed by atoms with E-state index in [4.69, 9.17) is 0 Å². The van der Waals surface area contributed by atoms with E-state index < -0.39 is 6.04 Å². The minimum Gasteiger partial charge on any atom is -0.342 e. The van der Waals surface area contributed by atoms with Crippen LogP contribution in [0.2, 0.25) is 0 Å². The second kappa shape index (κ2) is 5.51. The van der Waals surface area contributed by atoms with Crippen molar-refractivity contribution in [2.24, 2.45) is 5.41 Å². The first-order valence-corrected chi connectivity index (χ1v) is 7.71. The highest BCUT2D eigenvalue weighted by molar-refractivity contribution is 7.98. The van der Waals surface area contributed by atoms with Gasteiger partial charge in [-0.25, -0.2) is 0 Å². The molecule has 3 unspecified atom stereocenters. The van der Waals surface area contributed by atoms with Gasteiger partial charge in [0.1, 0.15) is 12.1 Å². The molecule has 1 saturated heterocycles. The Kier molecular flexibility index (Phi) is 4.70. The van der Waals surface area contributed by atoms with Gasteiger partial charge in [0.25, 0.3) is 0 Å². The predicted octanol–water partition coefficient (Wildman–Crippen LogP) is 1.50. The summed E-state index contributed by atoms with van der Waals surface area (Å²) in [5.74, 6) is 0.832. The van der Waals surface area contributed by atoms with Gasteiger partial charge >= 0.3 is 0 Å². The molecule has 0 bridgehead atoms. The van der Waals surface area contributed by atoms with Crippen LogP contribution in [0.3, 0.4) is 0 Å². The number of hydrogen-bond donors (Lipinski definition) is 1. The summed E-state index contributed by atoms with van der Waals surface area (Å²) in [5.41, 5.74) is -0.260. The fraction of sp³-hybridized carbons (Fsp3) is 0.846. The number of thioether (sulfide) groups is 1. The number of carbonyl (C=O) groups is 2. The normalized spacial score (nSPS) is 27.1. The van der Waals surface area contributed by atoms with E-state index in [-0.39, 0.29) is 29.3 Å². The Bertz CT molecular complexity index is 338. The van der Waals surface area contributed by atoms with E-state index in [1.165, 1.54) is 0 Å². The molecular formula is C13H24N2O2S. The number of carbonyl (C=O) groups excluding carboxylic acids is 2. The van der Waals surface area contributed by atoms with E-state index in [9.17, 15) is 9.59 Å². The zero-order valence-corrected chi connectivity index (χ0v) is 12.9. The maximum absolute atomic E-state index is 12.5. The van der Waals surface area contributed by atoms with Gasteiger partial charge in [0.05, 0.1) is 0 Å². The van der Waals surface area contributed by atoms with E-state index in [1.807, 2.05) is 34.0 Å². The van der Waals surface area contributed by atoms with Gasteiger partial charge in [-0.05, 0) is 25.5 Å². The zero-order valence-electron chi connectivity index (χ0n) is 12.1. The van der Waals surface area contributed by atoms with Gasteiger partial charge in [0, 0.05) is 11.8 Å². The summed E-state index contributed by atoms with van der Waals surface area (Å²) in [7, 11) is 0. The van der Waals surface area contributed by atoms with Crippen LogP contribution in [0.15, 0.2) is 0 Å². The highest BCUT2D eigenvalue weighted by atomic mass is 32.2. The van der Waals surface area contributed by atoms with Crippen LogP contribution < -0.4 is 5.32 Å². The molecule has 1 aliphatic heterocycles. The number of amides is 2. The van der Waals surface area contributed by atoms with Crippen molar-refractivity contribution in [3.8, 4) is 0 Å². The lowest BCUT2D eigenvalue weighted by molar-refractivity contribution is -0.153. The van der Waals surface area contributed by atoms with Crippen molar-refractivity contribution in [3.05, 3.63) is 0 Å². The largest absolute Gasteiger partial charge is 0.342 e. The SMILES string of the molecule is CSCC(C)N1C(=O)C(C(C)(C)C)NC(=O)C1C. The quantitative estimate of drug-likeness (QED) is 0.847. The van der Waals surface area contributed by atoms with Gasteiger partial charge in [0.2, 0.25) is 11.8 Å². The van der Waals surface area contributed by atoms with Crippen LogP contribution in [0.1, 0.15) is 34.6 Å². The second-order valence-electron chi connectivity index (χ2n) is 6.03. The summed E-state index contributed by atoms with van der Waals surface area (Å²) in [5, 5.41) is 2.85. The van der Waals surface area contributed by atoms with Crippen LogP contribution in [-0.2, 0) is 9.59 Å². The van der Waals surface area contributed by atoms with Crippen molar-refractivity contribution in [3.63, 3.8) is 0 Å². The average Bonchev–Trinajstić information content (AvgIpc) is 2.22. The zero-order chi connectivity index (χ0) is 14.1. The maximum atomic E-state index is 12.5. The molecule has 3 atom stereocenters. The molecule has 5 heteroatoms. The Morgan fingerprint density at radius 2 is 1.94 bits per heavy atom. The lowest BCUT2D eigenvalue weighted by Gasteiger charge is -2.44. The fourth-order valence-electron chi connectivity index (χ4n) is 2.30. The summed E-state index contributed by atoms with van der Waals surface area (Å²) < 4.78 is 0. The highest BCUT2D eigenvalue weighted by Crippen LogP contribution is 2.26. The van der Waals surface area contributed by atoms with Crippen LogP contribution >= 0.6 is 11.8 Å². The number of rotatable bonds is 3. The molecule has 1 heterocycles. The fourth-order valence-corrected chi connectivity index (χ4v) is 2.94. The van der Waals surface area contributed by atoms with Crippen LogP contribution in [0, 0.1) is 5.41 Å². The molecule has 18 heavy (non-hydrogen) atoms. The summed E-state index contributed by atoms with van der Waals surface area (Å²) in [6, 6.07) is -0.720. The molecule has 0 saturated carbocycles. The van der Waals surface area contributed by atoms with E-state index in [2.05, 4.69) is 5.32 Å². The van der Waals surface area contributed by atoms with Crippen molar-refractivity contribution in [2.45, 2.75) is 52.7 Å². The average molecular weight is 272 g/mol. The molecule has 1 N–H and O–H groups in total. The second-order valence-corrected chi connectivity index (χ2v) is 6.94. The summed E-state index contributed by atoms with van der Waals surface area (Å²) >= 11 is 1.69. The molecule has 0 spiro atoms. The third-order valence-electron chi connectivity index (χ3n) is 3.33. The first-order chi connectivity index (χ1) is 8.20. The van der Waals surface area contributed by atoms with Crippen molar-refractivity contribution >= 4 is 23.6 Å². The first-order valence-electron chi connectivity index (χ1n) is 6.31. The van der Waals surface area contributed by atoms with Gasteiger partial charge < -0.3 is 10.2 Å². The lowest BCUT2D eigenvalue weighted by Crippen LogP contribution is -2.67. The summed E-state index contributed by atoms with van der Waals surface area (Å²) in [6.45, 7) is 9.72. The summed E-state index contributed by atoms with van der Waals surface area (Å²) in [6.07, 6.45) is 2.01. The molecule has 0 aromatic carbocycles. The smallest absolute Gasteiger partial charge is 0.246 e. The third kappa shape index (κ3) is 2.99. The predicted molar refractivity (Wildman–Crippen MR) is 75.5 cm³/mol. The Hall–Kier alpha value is -0.710. The molecule has 1 aliphatic rings. The van der Waals surface area contributed by atoms with Crippen molar-refractivity contribution < 1.29 is 9.59 Å². The van der Waals surface area contributed by atoms with Crippen molar-refractivity contribution in [2.75, 3.05) is 12.0 Å². The number of nitrogens with zero attached hydrogens (tertiary/aromatic N) is 1. The molecule has 2 amide bonds. The summed E-state index contributed by atoms with van der Waals surface area (Å²) in [4.78, 5) is 26.3. The van der Waals surface area contributed by atoms with Gasteiger partial charge in [-0.2, -0.15) is 11.8 Å². The molecule has 1 rings (SSSR count). The maximum Gasteiger partial charge on any atom is 0.246 e. The monoisotopic (exact) mass is 272 g/mol. The number of nitrogens with one attached hydrogen (secondary N) is 1. The van der Waals surface area contributed by atoms with Crippen LogP contribution in [0.4, 0.5) is 0 Å². The minimum atomic E-state index is -0.425. The van der Waals surface area contributed by atoms with Crippen LogP contribution in [-0.4, -0.2) is 46.8 Å². The molecule has 0 aromatic heterocycles. The standard InChI is InChI=1S/C13H24N2O2S/c1-8(7-18-6)15-9(2)11(16)14-10(12(15)17)13(3,4)5/h8-10H,7H2,1-6H3,(H,14,16). The lowest BCUT2D eigenvalue weighted by atomic mass is 9.83. The van der Waals surface area contributed by atoms with Gasteiger partial charge in [0.15, 0.2) is 0 Å². The van der Waals surface area contributed by atoms with Gasteiger partial charge in [-0.3, -0.25) is 9.59 Å². The Labute approximate surface area is 114 Å². The third-order valence-corrected chi connectivity index (χ3v) is 4.15. The molecule has 104 valence electrons. The van der Waals surface area contributed by atoms with Gasteiger partial charge in [-0.1, -0.05) is 20.8 Å². The molecule has 4 nitrogen and oxygen atoms in total. The first kappa shape index (κ1) is 15.3. The molecule has 1 fully saturated rings. The molecule has 0 aromatic rings. The van der Waals surface area contributed by atoms with Crippen LogP contribution in [0.5, 0.6) is 0 Å². The highest BCUT2D eigenvalue weighted by Gasteiger charge is 2.44. The van der Waals surface area contributed by atoms with E-state index in [1.54, 1.807) is 23.6 Å². The number of hydrogen-bond acceptors (Lipinski definition) is 3. The van der Waals surface area contributed by atoms with Crippen molar-refractivity contribution in [1.82, 2.24) is 10.2 Å². The Balaban J connectivity index is 2.99. The molecular weight excluding hydrogens is 248 g/mol. The number of piperazine rings is 1. The van der Waals surface area contributed by atoms with E-state index >= 15 is 0 Å². The Morgan fingerprint density at radius 3 is 2.39 bits per heavy atom. The van der Waals surface area contributed by atoms with E-state index in [0.29, 0.717) is 0 Å². The topological polar surface area (TPSA) is 49.4 Å². The molecule has 0 radical (unpaired) electrons. The van der Waals surface area contributed by atoms with Gasteiger partial charge in [-0.15, -0.1) is 0 Å². The van der Waals surface area contributed by atoms with E-state index in [0.717, 1.165) is 5.75 Å². The van der Waals surface area contributed by atoms with Crippen LogP contribution in [0.25, 0.3) is 0 Å². The Morgan fingerprint density at radius 1 is 1.39 bits per heavy atom. The molecule has 0 aliphatic carbocycles. The van der Waals surface area contributed by atoms with Crippen molar-refractivity contribution in [1.29, 1.82) is 0 Å². The minimum absolute atomic E-state index is 0.0381.